The Morgan fingerprint density at radius 2 is 2.15 bits per heavy atom. The lowest BCUT2D eigenvalue weighted by Gasteiger charge is -2.13. The molecule has 1 heterocycles. The van der Waals surface area contributed by atoms with E-state index >= 15 is 0 Å². The monoisotopic (exact) mass is 198 g/mol. The molecule has 74 valence electrons. The largest absolute Gasteiger partial charge is 0.319 e. The summed E-state index contributed by atoms with van der Waals surface area (Å²) in [7, 11) is 1.98. The normalized spacial score (nSPS) is 12.0. The second-order valence-electron chi connectivity index (χ2n) is 4.24. The molecule has 3 heteroatoms. The topological polar surface area (TPSA) is 24.9 Å². The molecule has 1 aromatic rings. The first-order valence-electron chi connectivity index (χ1n) is 4.64. The molecule has 2 nitrogen and oxygen atoms in total. The Labute approximate surface area is 84.4 Å². The second kappa shape index (κ2) is 4.20. The van der Waals surface area contributed by atoms with Crippen LogP contribution >= 0.6 is 11.3 Å². The minimum atomic E-state index is 0.197. The first-order chi connectivity index (χ1) is 6.04. The summed E-state index contributed by atoms with van der Waals surface area (Å²) in [5.41, 5.74) is 0.197. The van der Waals surface area contributed by atoms with Crippen molar-refractivity contribution in [1.29, 1.82) is 0 Å². The van der Waals surface area contributed by atoms with E-state index in [4.69, 9.17) is 0 Å². The Kier molecular flexibility index (Phi) is 3.45. The molecule has 0 aromatic carbocycles. The molecule has 0 saturated carbocycles. The van der Waals surface area contributed by atoms with Gasteiger partial charge in [-0.05, 0) is 20.0 Å². The number of nitrogens with zero attached hydrogens (tertiary/aromatic N) is 1. The van der Waals surface area contributed by atoms with Gasteiger partial charge in [0.05, 0.1) is 5.01 Å². The zero-order valence-electron chi connectivity index (χ0n) is 8.85. The van der Waals surface area contributed by atoms with Crippen molar-refractivity contribution in [3.8, 4) is 0 Å². The van der Waals surface area contributed by atoms with Crippen LogP contribution in [0.2, 0.25) is 0 Å². The number of rotatable bonds is 3. The van der Waals surface area contributed by atoms with Gasteiger partial charge in [0.2, 0.25) is 0 Å². The number of likely N-dealkylation sites (N-methyl/N-ethyl adjacent to an activating group) is 1. The summed E-state index contributed by atoms with van der Waals surface area (Å²) in [5.74, 6) is 0. The summed E-state index contributed by atoms with van der Waals surface area (Å²) >= 11 is 1.83. The average Bonchev–Trinajstić information content (AvgIpc) is 2.47. The van der Waals surface area contributed by atoms with Crippen molar-refractivity contribution in [3.05, 3.63) is 16.1 Å². The van der Waals surface area contributed by atoms with E-state index in [1.54, 1.807) is 0 Å². The van der Waals surface area contributed by atoms with Crippen molar-refractivity contribution in [1.82, 2.24) is 10.3 Å². The van der Waals surface area contributed by atoms with E-state index in [-0.39, 0.29) is 5.41 Å². The second-order valence-corrected chi connectivity index (χ2v) is 5.35. The summed E-state index contributed by atoms with van der Waals surface area (Å²) < 4.78 is 0. The van der Waals surface area contributed by atoms with Crippen LogP contribution in [0, 0.1) is 0 Å². The van der Waals surface area contributed by atoms with E-state index in [1.807, 2.05) is 24.6 Å². The Morgan fingerprint density at radius 1 is 1.46 bits per heavy atom. The van der Waals surface area contributed by atoms with E-state index in [0.29, 0.717) is 0 Å². The maximum Gasteiger partial charge on any atom is 0.0981 e. The van der Waals surface area contributed by atoms with Crippen LogP contribution in [-0.2, 0) is 11.8 Å². The Balaban J connectivity index is 2.64. The summed E-state index contributed by atoms with van der Waals surface area (Å²) in [6.45, 7) is 7.64. The summed E-state index contributed by atoms with van der Waals surface area (Å²) in [6.07, 6.45) is 3.09. The van der Waals surface area contributed by atoms with Crippen LogP contribution in [0.5, 0.6) is 0 Å². The predicted octanol–water partition coefficient (Wildman–Crippen LogP) is 2.20. The van der Waals surface area contributed by atoms with Gasteiger partial charge in [0.1, 0.15) is 0 Å². The number of thiazole rings is 1. The minimum Gasteiger partial charge on any atom is -0.319 e. The van der Waals surface area contributed by atoms with Crippen LogP contribution in [0.3, 0.4) is 0 Å². The molecule has 0 fully saturated rings. The van der Waals surface area contributed by atoms with Gasteiger partial charge in [-0.25, -0.2) is 4.98 Å². The lowest BCUT2D eigenvalue weighted by Crippen LogP contribution is -2.10. The fourth-order valence-corrected chi connectivity index (χ4v) is 1.99. The molecule has 0 amide bonds. The highest BCUT2D eigenvalue weighted by atomic mass is 32.1. The lowest BCUT2D eigenvalue weighted by molar-refractivity contribution is 0.585. The number of nitrogens with one attached hydrogen (secondary N) is 1. The van der Waals surface area contributed by atoms with E-state index in [1.165, 1.54) is 9.88 Å². The van der Waals surface area contributed by atoms with Crippen molar-refractivity contribution < 1.29 is 0 Å². The van der Waals surface area contributed by atoms with Gasteiger partial charge in [0.25, 0.3) is 0 Å². The Bertz CT molecular complexity index is 260. The summed E-state index contributed by atoms with van der Waals surface area (Å²) in [5, 5.41) is 4.38. The standard InChI is InChI=1S/C10H18N2S/c1-10(2,3)9-12-7-8(13-9)5-6-11-4/h7,11H,5-6H2,1-4H3. The zero-order valence-corrected chi connectivity index (χ0v) is 9.66. The average molecular weight is 198 g/mol. The van der Waals surface area contributed by atoms with Crippen molar-refractivity contribution in [2.75, 3.05) is 13.6 Å². The number of hydrogen-bond acceptors (Lipinski definition) is 3. The van der Waals surface area contributed by atoms with E-state index in [9.17, 15) is 0 Å². The SMILES string of the molecule is CNCCc1cnc(C(C)(C)C)s1. The van der Waals surface area contributed by atoms with Gasteiger partial charge in [-0.2, -0.15) is 0 Å². The van der Waals surface area contributed by atoms with Gasteiger partial charge in [0.15, 0.2) is 0 Å². The molecular formula is C10H18N2S. The fourth-order valence-electron chi connectivity index (χ4n) is 1.02. The molecule has 0 aliphatic rings. The fraction of sp³-hybridized carbons (Fsp3) is 0.700. The van der Waals surface area contributed by atoms with Gasteiger partial charge in [-0.15, -0.1) is 11.3 Å². The quantitative estimate of drug-likeness (QED) is 0.805. The molecule has 13 heavy (non-hydrogen) atoms. The molecule has 1 N–H and O–H groups in total. The maximum absolute atomic E-state index is 4.43. The Morgan fingerprint density at radius 3 is 2.62 bits per heavy atom. The van der Waals surface area contributed by atoms with Gasteiger partial charge >= 0.3 is 0 Å². The van der Waals surface area contributed by atoms with Crippen LogP contribution in [-0.4, -0.2) is 18.6 Å². The van der Waals surface area contributed by atoms with Crippen LogP contribution in [0.25, 0.3) is 0 Å². The van der Waals surface area contributed by atoms with Crippen molar-refractivity contribution in [3.63, 3.8) is 0 Å². The summed E-state index contributed by atoms with van der Waals surface area (Å²) in [6, 6.07) is 0. The number of aromatic nitrogens is 1. The van der Waals surface area contributed by atoms with Gasteiger partial charge in [-0.3, -0.25) is 0 Å². The highest BCUT2D eigenvalue weighted by Gasteiger charge is 2.17. The van der Waals surface area contributed by atoms with Crippen molar-refractivity contribution >= 4 is 11.3 Å². The molecule has 0 aliphatic carbocycles. The molecule has 0 unspecified atom stereocenters. The highest BCUT2D eigenvalue weighted by molar-refractivity contribution is 7.11. The van der Waals surface area contributed by atoms with E-state index in [2.05, 4.69) is 31.1 Å². The first kappa shape index (κ1) is 10.7. The summed E-state index contributed by atoms with van der Waals surface area (Å²) in [4.78, 5) is 5.81. The third kappa shape index (κ3) is 3.08. The van der Waals surface area contributed by atoms with Gasteiger partial charge in [-0.1, -0.05) is 20.8 Å². The van der Waals surface area contributed by atoms with Crippen LogP contribution in [0.15, 0.2) is 6.20 Å². The molecule has 0 atom stereocenters. The molecule has 0 spiro atoms. The molecule has 1 rings (SSSR count). The maximum atomic E-state index is 4.43. The van der Waals surface area contributed by atoms with E-state index in [0.717, 1.165) is 13.0 Å². The molecule has 0 radical (unpaired) electrons. The van der Waals surface area contributed by atoms with Gasteiger partial charge < -0.3 is 5.32 Å². The highest BCUT2D eigenvalue weighted by Crippen LogP contribution is 2.26. The smallest absolute Gasteiger partial charge is 0.0981 e. The van der Waals surface area contributed by atoms with Crippen LogP contribution in [0.4, 0.5) is 0 Å². The third-order valence-corrected chi connectivity index (χ3v) is 3.30. The van der Waals surface area contributed by atoms with Crippen molar-refractivity contribution in [2.24, 2.45) is 0 Å². The predicted molar refractivity (Wildman–Crippen MR) is 58.4 cm³/mol. The molecule has 0 aliphatic heterocycles. The van der Waals surface area contributed by atoms with Gasteiger partial charge in [0, 0.05) is 16.5 Å². The van der Waals surface area contributed by atoms with E-state index < -0.39 is 0 Å². The molecular weight excluding hydrogens is 180 g/mol. The molecule has 0 saturated heterocycles. The van der Waals surface area contributed by atoms with Crippen LogP contribution in [0.1, 0.15) is 30.7 Å². The first-order valence-corrected chi connectivity index (χ1v) is 5.45. The lowest BCUT2D eigenvalue weighted by atomic mass is 9.98. The number of hydrogen-bond donors (Lipinski definition) is 1. The van der Waals surface area contributed by atoms with Crippen LogP contribution < -0.4 is 5.32 Å². The zero-order chi connectivity index (χ0) is 9.90. The molecule has 1 aromatic heterocycles. The Hall–Kier alpha value is -0.410. The van der Waals surface area contributed by atoms with Crippen molar-refractivity contribution in [2.45, 2.75) is 32.6 Å². The third-order valence-electron chi connectivity index (χ3n) is 1.82. The minimum absolute atomic E-state index is 0.197. The molecule has 0 bridgehead atoms.